The molecule has 0 aromatic heterocycles. The number of hydrogen-bond donors (Lipinski definition) is 0. The summed E-state index contributed by atoms with van der Waals surface area (Å²) < 4.78 is 5.05. The highest BCUT2D eigenvalue weighted by molar-refractivity contribution is 5.28. The molecule has 0 spiro atoms. The van der Waals surface area contributed by atoms with Crippen LogP contribution in [0.25, 0.3) is 0 Å². The lowest BCUT2D eigenvalue weighted by Gasteiger charge is -2.05. The van der Waals surface area contributed by atoms with Gasteiger partial charge >= 0.3 is 0 Å². The normalized spacial score (nSPS) is 9.29. The third kappa shape index (κ3) is 4.90. The van der Waals surface area contributed by atoms with Crippen LogP contribution in [-0.2, 0) is 0 Å². The van der Waals surface area contributed by atoms with E-state index in [0.717, 1.165) is 5.75 Å². The van der Waals surface area contributed by atoms with Crippen LogP contribution in [0, 0.1) is 0 Å². The molecule has 0 saturated heterocycles. The van der Waals surface area contributed by atoms with Crippen LogP contribution in [0.4, 0.5) is 0 Å². The van der Waals surface area contributed by atoms with Gasteiger partial charge in [-0.15, -0.1) is 0 Å². The average molecular weight is 194 g/mol. The van der Waals surface area contributed by atoms with Gasteiger partial charge in [0, 0.05) is 0 Å². The largest absolute Gasteiger partial charge is 0.497 e. The molecule has 0 aliphatic rings. The highest BCUT2D eigenvalue weighted by Crippen LogP contribution is 2.17. The molecule has 1 heteroatoms. The Labute approximate surface area is 88.1 Å². The Morgan fingerprint density at radius 2 is 1.50 bits per heavy atom. The fourth-order valence-electron chi connectivity index (χ4n) is 0.989. The molecule has 0 heterocycles. The molecule has 1 aromatic carbocycles. The molecular weight excluding hydrogens is 172 g/mol. The van der Waals surface area contributed by atoms with Crippen molar-refractivity contribution >= 4 is 0 Å². The monoisotopic (exact) mass is 194 g/mol. The molecule has 0 bridgehead atoms. The highest BCUT2D eigenvalue weighted by Gasteiger charge is 1.97. The summed E-state index contributed by atoms with van der Waals surface area (Å²) in [6.45, 7) is 8.61. The molecule has 14 heavy (non-hydrogen) atoms. The van der Waals surface area contributed by atoms with E-state index in [-0.39, 0.29) is 0 Å². The summed E-state index contributed by atoms with van der Waals surface area (Å²) in [6.07, 6.45) is 1.25. The lowest BCUT2D eigenvalue weighted by Crippen LogP contribution is -1.87. The summed E-state index contributed by atoms with van der Waals surface area (Å²) in [5, 5.41) is 0. The number of hydrogen-bond acceptors (Lipinski definition) is 1. The molecule has 0 aliphatic carbocycles. The zero-order valence-corrected chi connectivity index (χ0v) is 10.0. The van der Waals surface area contributed by atoms with Gasteiger partial charge in [0.1, 0.15) is 5.75 Å². The minimum Gasteiger partial charge on any atom is -0.497 e. The summed E-state index contributed by atoms with van der Waals surface area (Å²) >= 11 is 0. The van der Waals surface area contributed by atoms with E-state index in [1.165, 1.54) is 12.0 Å². The van der Waals surface area contributed by atoms with E-state index in [0.29, 0.717) is 5.92 Å². The van der Waals surface area contributed by atoms with E-state index in [1.807, 2.05) is 12.1 Å². The summed E-state index contributed by atoms with van der Waals surface area (Å²) in [5.41, 5.74) is 1.35. The van der Waals surface area contributed by atoms with Crippen LogP contribution in [0.5, 0.6) is 5.75 Å². The van der Waals surface area contributed by atoms with Crippen molar-refractivity contribution in [2.75, 3.05) is 7.11 Å². The predicted octanol–water partition coefficient (Wildman–Crippen LogP) is 4.23. The molecule has 0 saturated carbocycles. The van der Waals surface area contributed by atoms with E-state index in [9.17, 15) is 0 Å². The van der Waals surface area contributed by atoms with Crippen LogP contribution in [0.3, 0.4) is 0 Å². The molecule has 0 atom stereocenters. The number of rotatable bonds is 2. The SMILES string of the molecule is CCC.COc1ccc(C(C)C)cc1. The van der Waals surface area contributed by atoms with Crippen LogP contribution in [0.1, 0.15) is 45.6 Å². The van der Waals surface area contributed by atoms with Crippen molar-refractivity contribution in [3.05, 3.63) is 29.8 Å². The maximum atomic E-state index is 5.05. The van der Waals surface area contributed by atoms with E-state index in [2.05, 4.69) is 39.8 Å². The van der Waals surface area contributed by atoms with Gasteiger partial charge < -0.3 is 4.74 Å². The van der Waals surface area contributed by atoms with Crippen molar-refractivity contribution in [3.8, 4) is 5.75 Å². The zero-order chi connectivity index (χ0) is 11.0. The first-order chi connectivity index (χ1) is 6.65. The van der Waals surface area contributed by atoms with Gasteiger partial charge in [0.2, 0.25) is 0 Å². The minimum absolute atomic E-state index is 0.598. The first kappa shape index (κ1) is 13.0. The Morgan fingerprint density at radius 1 is 1.07 bits per heavy atom. The Hall–Kier alpha value is -0.980. The van der Waals surface area contributed by atoms with Crippen LogP contribution in [0.2, 0.25) is 0 Å². The predicted molar refractivity (Wildman–Crippen MR) is 63.0 cm³/mol. The molecular formula is C13H22O. The van der Waals surface area contributed by atoms with Gasteiger partial charge in [-0.05, 0) is 23.6 Å². The number of benzene rings is 1. The van der Waals surface area contributed by atoms with Gasteiger partial charge in [-0.3, -0.25) is 0 Å². The molecule has 0 unspecified atom stereocenters. The molecule has 1 nitrogen and oxygen atoms in total. The van der Waals surface area contributed by atoms with Crippen LogP contribution in [-0.4, -0.2) is 7.11 Å². The maximum Gasteiger partial charge on any atom is 0.118 e. The van der Waals surface area contributed by atoms with E-state index in [4.69, 9.17) is 4.74 Å². The summed E-state index contributed by atoms with van der Waals surface area (Å²) in [5.74, 6) is 1.52. The highest BCUT2D eigenvalue weighted by atomic mass is 16.5. The summed E-state index contributed by atoms with van der Waals surface area (Å²) in [4.78, 5) is 0. The molecule has 1 rings (SSSR count). The van der Waals surface area contributed by atoms with E-state index in [1.54, 1.807) is 7.11 Å². The van der Waals surface area contributed by atoms with Gasteiger partial charge in [-0.2, -0.15) is 0 Å². The lowest BCUT2D eigenvalue weighted by atomic mass is 10.0. The standard InChI is InChI=1S/C10H14O.C3H8/c1-8(2)9-4-6-10(11-3)7-5-9;1-3-2/h4-8H,1-3H3;3H2,1-2H3. The van der Waals surface area contributed by atoms with Crippen LogP contribution in [0.15, 0.2) is 24.3 Å². The second-order valence-electron chi connectivity index (χ2n) is 3.63. The quantitative estimate of drug-likeness (QED) is 0.684. The molecule has 0 aliphatic heterocycles. The maximum absolute atomic E-state index is 5.05. The van der Waals surface area contributed by atoms with Crippen molar-refractivity contribution in [3.63, 3.8) is 0 Å². The van der Waals surface area contributed by atoms with Gasteiger partial charge in [0.05, 0.1) is 7.11 Å². The lowest BCUT2D eigenvalue weighted by molar-refractivity contribution is 0.414. The summed E-state index contributed by atoms with van der Waals surface area (Å²) in [7, 11) is 1.68. The van der Waals surface area contributed by atoms with Crippen LogP contribution < -0.4 is 4.74 Å². The third-order valence-corrected chi connectivity index (χ3v) is 1.78. The molecule has 0 N–H and O–H groups in total. The fraction of sp³-hybridized carbons (Fsp3) is 0.538. The summed E-state index contributed by atoms with van der Waals surface area (Å²) in [6, 6.07) is 8.19. The van der Waals surface area contributed by atoms with Crippen molar-refractivity contribution in [2.24, 2.45) is 0 Å². The second-order valence-corrected chi connectivity index (χ2v) is 3.63. The van der Waals surface area contributed by atoms with Crippen molar-refractivity contribution < 1.29 is 4.74 Å². The first-order valence-electron chi connectivity index (χ1n) is 5.29. The van der Waals surface area contributed by atoms with Crippen molar-refractivity contribution in [1.82, 2.24) is 0 Å². The third-order valence-electron chi connectivity index (χ3n) is 1.78. The molecule has 0 radical (unpaired) electrons. The smallest absolute Gasteiger partial charge is 0.118 e. The van der Waals surface area contributed by atoms with Gasteiger partial charge in [-0.25, -0.2) is 0 Å². The number of methoxy groups -OCH3 is 1. The van der Waals surface area contributed by atoms with Gasteiger partial charge in [0.15, 0.2) is 0 Å². The topological polar surface area (TPSA) is 9.23 Å². The van der Waals surface area contributed by atoms with Crippen molar-refractivity contribution in [2.45, 2.75) is 40.0 Å². The van der Waals surface area contributed by atoms with E-state index >= 15 is 0 Å². The second kappa shape index (κ2) is 7.43. The Balaban J connectivity index is 0.000000500. The van der Waals surface area contributed by atoms with Crippen LogP contribution >= 0.6 is 0 Å². The Kier molecular flexibility index (Phi) is 6.91. The Morgan fingerprint density at radius 3 is 1.79 bits per heavy atom. The zero-order valence-electron chi connectivity index (χ0n) is 10.0. The molecule has 1 aromatic rings. The Bertz CT molecular complexity index is 223. The van der Waals surface area contributed by atoms with Gasteiger partial charge in [0.25, 0.3) is 0 Å². The minimum atomic E-state index is 0.598. The van der Waals surface area contributed by atoms with Gasteiger partial charge in [-0.1, -0.05) is 46.2 Å². The molecule has 80 valence electrons. The molecule has 0 fully saturated rings. The number of ether oxygens (including phenoxy) is 1. The van der Waals surface area contributed by atoms with Crippen molar-refractivity contribution in [1.29, 1.82) is 0 Å². The average Bonchev–Trinajstić information content (AvgIpc) is 2.19. The fourth-order valence-corrected chi connectivity index (χ4v) is 0.989. The molecule has 0 amide bonds. The van der Waals surface area contributed by atoms with E-state index < -0.39 is 0 Å². The first-order valence-corrected chi connectivity index (χ1v) is 5.29.